The Morgan fingerprint density at radius 1 is 1.25 bits per heavy atom. The molecule has 6 nitrogen and oxygen atoms in total. The van der Waals surface area contributed by atoms with Gasteiger partial charge in [0.25, 0.3) is 7.94 Å². The quantitative estimate of drug-likeness (QED) is 0.633. The van der Waals surface area contributed by atoms with E-state index in [0.29, 0.717) is 29.1 Å². The molecule has 3 aliphatic heterocycles. The van der Waals surface area contributed by atoms with Crippen molar-refractivity contribution in [3.8, 4) is 0 Å². The van der Waals surface area contributed by atoms with Crippen molar-refractivity contribution in [1.82, 2.24) is 0 Å². The number of halogens is 1. The fourth-order valence-electron chi connectivity index (χ4n) is 4.58. The van der Waals surface area contributed by atoms with Crippen LogP contribution in [0.4, 0.5) is 5.69 Å². The zero-order valence-electron chi connectivity index (χ0n) is 15.9. The topological polar surface area (TPSA) is 71.1 Å². The van der Waals surface area contributed by atoms with E-state index < -0.39 is 19.8 Å². The van der Waals surface area contributed by atoms with Crippen molar-refractivity contribution in [3.63, 3.8) is 0 Å². The first-order valence-corrected chi connectivity index (χ1v) is 11.6. The van der Waals surface area contributed by atoms with Crippen molar-refractivity contribution in [2.45, 2.75) is 51.5 Å². The number of hydrogen-bond acceptors (Lipinski definition) is 6. The molecule has 0 amide bonds. The van der Waals surface area contributed by atoms with Gasteiger partial charge in [-0.3, -0.25) is 0 Å². The van der Waals surface area contributed by atoms with Crippen molar-refractivity contribution in [3.05, 3.63) is 39.7 Å². The number of hydroxylamine groups is 1. The lowest BCUT2D eigenvalue weighted by atomic mass is 9.87. The number of nitrogens with zero attached hydrogens (tertiary/aromatic N) is 1. The number of anilines is 1. The van der Waals surface area contributed by atoms with Crippen LogP contribution in [0.15, 0.2) is 29.1 Å². The highest BCUT2D eigenvalue weighted by molar-refractivity contribution is 7.63. The second-order valence-electron chi connectivity index (χ2n) is 8.75. The van der Waals surface area contributed by atoms with Crippen molar-refractivity contribution < 1.29 is 23.6 Å². The number of carbonyl (C=O) groups excluding carboxylic acids is 1. The van der Waals surface area contributed by atoms with Gasteiger partial charge in [-0.1, -0.05) is 31.9 Å². The molecule has 0 N–H and O–H groups in total. The molecule has 1 aromatic carbocycles. The molecule has 28 heavy (non-hydrogen) atoms. The van der Waals surface area contributed by atoms with Crippen LogP contribution in [0.2, 0.25) is 5.02 Å². The van der Waals surface area contributed by atoms with Crippen LogP contribution in [0.1, 0.15) is 51.0 Å². The minimum atomic E-state index is -3.63. The predicted octanol–water partition coefficient (Wildman–Crippen LogP) is 4.11. The van der Waals surface area contributed by atoms with Gasteiger partial charge in [-0.15, -0.1) is 0 Å². The third-order valence-corrected chi connectivity index (χ3v) is 8.28. The van der Waals surface area contributed by atoms with Crippen molar-refractivity contribution in [2.75, 3.05) is 18.3 Å². The number of benzene rings is 1. The maximum absolute atomic E-state index is 14.0. The van der Waals surface area contributed by atoms with Gasteiger partial charge in [-0.25, -0.2) is 13.8 Å². The summed E-state index contributed by atoms with van der Waals surface area (Å²) in [5, 5.41) is 2.70. The fourth-order valence-corrected chi connectivity index (χ4v) is 7.33. The summed E-state index contributed by atoms with van der Waals surface area (Å²) in [7, 11) is -3.63. The Hall–Kier alpha value is -1.17. The van der Waals surface area contributed by atoms with E-state index in [1.165, 1.54) is 0 Å². The number of rotatable bonds is 1. The molecule has 2 fully saturated rings. The molecule has 1 aliphatic carbocycles. The van der Waals surface area contributed by atoms with E-state index in [9.17, 15) is 9.69 Å². The predicted molar refractivity (Wildman–Crippen MR) is 105 cm³/mol. The second kappa shape index (κ2) is 6.41. The Kier molecular flexibility index (Phi) is 4.31. The van der Waals surface area contributed by atoms with Gasteiger partial charge in [-0.2, -0.15) is 5.06 Å². The van der Waals surface area contributed by atoms with Crippen LogP contribution in [0, 0.1) is 5.41 Å². The van der Waals surface area contributed by atoms with E-state index >= 15 is 0 Å². The lowest BCUT2D eigenvalue weighted by molar-refractivity contribution is -0.230. The van der Waals surface area contributed by atoms with Gasteiger partial charge in [-0.05, 0) is 37.5 Å². The molecule has 2 unspecified atom stereocenters. The highest BCUT2D eigenvalue weighted by Crippen LogP contribution is 2.70. The normalized spacial score (nSPS) is 30.4. The molecule has 2 atom stereocenters. The monoisotopic (exact) mass is 423 g/mol. The van der Waals surface area contributed by atoms with Crippen LogP contribution in [0.3, 0.4) is 0 Å². The maximum atomic E-state index is 14.0. The van der Waals surface area contributed by atoms with Crippen molar-refractivity contribution in [1.29, 1.82) is 0 Å². The van der Waals surface area contributed by atoms with E-state index in [1.807, 2.05) is 19.9 Å². The molecule has 0 spiro atoms. The third-order valence-electron chi connectivity index (χ3n) is 5.97. The largest absolute Gasteiger partial charge is 0.627 e. The first-order chi connectivity index (χ1) is 13.3. The van der Waals surface area contributed by atoms with Gasteiger partial charge < -0.3 is 9.73 Å². The Balaban J connectivity index is 1.71. The summed E-state index contributed by atoms with van der Waals surface area (Å²) in [5.74, 6) is -1.26. The minimum absolute atomic E-state index is 0.145. The van der Waals surface area contributed by atoms with Gasteiger partial charge >= 0.3 is 5.97 Å². The molecule has 3 heterocycles. The number of fused-ring (bicyclic) bond motifs is 2. The summed E-state index contributed by atoms with van der Waals surface area (Å²) in [4.78, 5) is 32.7. The Labute approximate surface area is 169 Å². The highest BCUT2D eigenvalue weighted by atomic mass is 35.5. The summed E-state index contributed by atoms with van der Waals surface area (Å²) < 4.78 is 11.8. The molecule has 1 saturated heterocycles. The number of carbonyl (C=O) groups is 1. The average molecular weight is 424 g/mol. The molecule has 1 aromatic rings. The van der Waals surface area contributed by atoms with E-state index in [4.69, 9.17) is 25.5 Å². The van der Waals surface area contributed by atoms with Gasteiger partial charge in [0, 0.05) is 21.6 Å². The molecule has 2 bridgehead atoms. The lowest BCUT2D eigenvalue weighted by Crippen LogP contribution is -2.41. The summed E-state index contributed by atoms with van der Waals surface area (Å²) in [6, 6.07) is 5.28. The maximum Gasteiger partial charge on any atom is 0.347 e. The van der Waals surface area contributed by atoms with E-state index in [2.05, 4.69) is 0 Å². The van der Waals surface area contributed by atoms with Crippen LogP contribution in [-0.2, 0) is 18.7 Å². The summed E-state index contributed by atoms with van der Waals surface area (Å²) in [6.45, 7) is 4.65. The Bertz CT molecular complexity index is 875. The van der Waals surface area contributed by atoms with Gasteiger partial charge in [0.05, 0.1) is 11.7 Å². The lowest BCUT2D eigenvalue weighted by Gasteiger charge is -2.40. The molecule has 4 aliphatic rings. The summed E-state index contributed by atoms with van der Waals surface area (Å²) >= 11 is 6.25. The van der Waals surface area contributed by atoms with E-state index in [0.717, 1.165) is 36.9 Å². The SMILES string of the molecule is CC1(C)CO[P+]([O-])(C2=C3CCCCC3N3OC(=O)C2c2cc(Cl)ccc23)OC1. The van der Waals surface area contributed by atoms with Gasteiger partial charge in [0.2, 0.25) is 0 Å². The first-order valence-electron chi connectivity index (χ1n) is 9.72. The molecule has 1 saturated carbocycles. The average Bonchev–Trinajstić information content (AvgIpc) is 2.86. The van der Waals surface area contributed by atoms with Crippen LogP contribution < -0.4 is 9.96 Å². The molecule has 150 valence electrons. The molecular weight excluding hydrogens is 401 g/mol. The van der Waals surface area contributed by atoms with Gasteiger partial charge in [0.15, 0.2) is 0 Å². The second-order valence-corrected chi connectivity index (χ2v) is 11.2. The zero-order chi connectivity index (χ0) is 19.7. The summed E-state index contributed by atoms with van der Waals surface area (Å²) in [5.41, 5.74) is 2.27. The fraction of sp³-hybridized carbons (Fsp3) is 0.550. The van der Waals surface area contributed by atoms with Crippen molar-refractivity contribution in [2.24, 2.45) is 5.41 Å². The molecular formula is C20H23ClNO5P. The zero-order valence-corrected chi connectivity index (χ0v) is 17.6. The number of hydrogen-bond donors (Lipinski definition) is 0. The minimum Gasteiger partial charge on any atom is -0.627 e. The Morgan fingerprint density at radius 3 is 2.75 bits per heavy atom. The third kappa shape index (κ3) is 2.81. The molecule has 0 radical (unpaired) electrons. The highest BCUT2D eigenvalue weighted by Gasteiger charge is 2.57. The first kappa shape index (κ1) is 18.8. The van der Waals surface area contributed by atoms with Crippen molar-refractivity contribution >= 4 is 31.2 Å². The van der Waals surface area contributed by atoms with Crippen LogP contribution in [0.25, 0.3) is 0 Å². The van der Waals surface area contributed by atoms with Gasteiger partial charge in [0.1, 0.15) is 24.4 Å². The Morgan fingerprint density at radius 2 is 2.00 bits per heavy atom. The van der Waals surface area contributed by atoms with Crippen LogP contribution in [0.5, 0.6) is 0 Å². The molecule has 5 rings (SSSR count). The molecule has 0 aromatic heterocycles. The van der Waals surface area contributed by atoms with E-state index in [1.54, 1.807) is 17.2 Å². The van der Waals surface area contributed by atoms with E-state index in [-0.39, 0.29) is 11.5 Å². The van der Waals surface area contributed by atoms with Crippen LogP contribution in [-0.4, -0.2) is 25.2 Å². The standard InChI is InChI=1S/C20H23ClNO5P/c1-20(2)10-25-28(24,26-11-20)18-13-5-3-4-6-15(13)22-16-8-7-12(21)9-14(16)17(18)19(23)27-22/h7-9,15,17H,3-6,10-11H2,1-2H3. The smallest absolute Gasteiger partial charge is 0.347 e. The molecule has 8 heteroatoms. The summed E-state index contributed by atoms with van der Waals surface area (Å²) in [6.07, 6.45) is 3.58. The van der Waals surface area contributed by atoms with Crippen LogP contribution >= 0.6 is 19.5 Å².